The van der Waals surface area contributed by atoms with E-state index in [2.05, 4.69) is 10.3 Å². The summed E-state index contributed by atoms with van der Waals surface area (Å²) in [6.07, 6.45) is 9.91. The minimum absolute atomic E-state index is 0.0708. The summed E-state index contributed by atoms with van der Waals surface area (Å²) in [4.78, 5) is 33.0. The number of carbonyl (C=O) groups excluding carboxylic acids is 2. The first-order valence-electron chi connectivity index (χ1n) is 12.3. The first-order valence-corrected chi connectivity index (χ1v) is 13.5. The Morgan fingerprint density at radius 3 is 2.67 bits per heavy atom. The van der Waals surface area contributed by atoms with Gasteiger partial charge in [0.25, 0.3) is 11.8 Å². The van der Waals surface area contributed by atoms with Gasteiger partial charge in [0.1, 0.15) is 0 Å². The van der Waals surface area contributed by atoms with Crippen LogP contribution in [0.15, 0.2) is 78.0 Å². The third-order valence-electron chi connectivity index (χ3n) is 6.71. The van der Waals surface area contributed by atoms with Gasteiger partial charge in [-0.15, -0.1) is 11.8 Å². The Kier molecular flexibility index (Phi) is 7.73. The first kappa shape index (κ1) is 24.6. The molecule has 1 saturated heterocycles. The number of pyridine rings is 1. The van der Waals surface area contributed by atoms with Crippen molar-refractivity contribution in [2.75, 3.05) is 0 Å². The molecule has 0 radical (unpaired) electrons. The third-order valence-corrected chi connectivity index (χ3v) is 8.34. The maximum absolute atomic E-state index is 13.6. The lowest BCUT2D eigenvalue weighted by molar-refractivity contribution is -0.130. The Balaban J connectivity index is 1.31. The Bertz CT molecular complexity index is 1260. The fourth-order valence-corrected chi connectivity index (χ4v) is 6.55. The average molecular weight is 518 g/mol. The maximum Gasteiger partial charge on any atom is 0.260 e. The van der Waals surface area contributed by atoms with E-state index in [0.717, 1.165) is 40.9 Å². The quantitative estimate of drug-likeness (QED) is 0.402. The van der Waals surface area contributed by atoms with Gasteiger partial charge < -0.3 is 10.2 Å². The van der Waals surface area contributed by atoms with Crippen molar-refractivity contribution in [3.8, 4) is 0 Å². The average Bonchev–Trinajstić information content (AvgIpc) is 2.91. The second-order valence-corrected chi connectivity index (χ2v) is 11.0. The number of hydrogen-bond donors (Lipinski definition) is 1. The van der Waals surface area contributed by atoms with Crippen LogP contribution in [-0.2, 0) is 17.9 Å². The van der Waals surface area contributed by atoms with Crippen LogP contribution in [0.3, 0.4) is 0 Å². The molecule has 2 atom stereocenters. The van der Waals surface area contributed by atoms with Gasteiger partial charge >= 0.3 is 0 Å². The molecule has 2 unspecified atom stereocenters. The minimum atomic E-state index is -0.140. The molecule has 36 heavy (non-hydrogen) atoms. The van der Waals surface area contributed by atoms with Gasteiger partial charge in [-0.3, -0.25) is 14.6 Å². The zero-order valence-corrected chi connectivity index (χ0v) is 21.5. The number of benzene rings is 2. The van der Waals surface area contributed by atoms with Crippen LogP contribution in [0.1, 0.15) is 52.7 Å². The molecule has 5 rings (SSSR count). The second-order valence-electron chi connectivity index (χ2n) is 9.25. The SMILES string of the molecule is O=C(NCc1cccnc1)c1ccc(/C=C2/SC3CCCCC3N(Cc3cccc(Cl)c3)C2=O)cc1. The summed E-state index contributed by atoms with van der Waals surface area (Å²) in [7, 11) is 0. The number of fused-ring (bicyclic) bond motifs is 1. The van der Waals surface area contributed by atoms with Gasteiger partial charge in [0, 0.05) is 47.4 Å². The number of rotatable bonds is 6. The van der Waals surface area contributed by atoms with Crippen molar-refractivity contribution >= 4 is 41.3 Å². The van der Waals surface area contributed by atoms with Crippen LogP contribution in [-0.4, -0.2) is 33.0 Å². The number of halogens is 1. The molecule has 2 aliphatic rings. The van der Waals surface area contributed by atoms with E-state index in [9.17, 15) is 9.59 Å². The number of nitrogens with one attached hydrogen (secondary N) is 1. The lowest BCUT2D eigenvalue weighted by atomic mass is 9.92. The molecule has 2 heterocycles. The minimum Gasteiger partial charge on any atom is -0.348 e. The molecule has 0 spiro atoms. The summed E-state index contributed by atoms with van der Waals surface area (Å²) in [5.74, 6) is -0.0691. The van der Waals surface area contributed by atoms with Crippen LogP contribution in [0.4, 0.5) is 0 Å². The van der Waals surface area contributed by atoms with E-state index in [1.54, 1.807) is 36.3 Å². The molecule has 0 bridgehead atoms. The van der Waals surface area contributed by atoms with Gasteiger partial charge in [-0.05, 0) is 65.9 Å². The summed E-state index contributed by atoms with van der Waals surface area (Å²) >= 11 is 7.92. The van der Waals surface area contributed by atoms with Crippen molar-refractivity contribution < 1.29 is 9.59 Å². The topological polar surface area (TPSA) is 62.3 Å². The van der Waals surface area contributed by atoms with Crippen molar-refractivity contribution in [3.63, 3.8) is 0 Å². The number of amides is 2. The van der Waals surface area contributed by atoms with Crippen molar-refractivity contribution in [1.82, 2.24) is 15.2 Å². The summed E-state index contributed by atoms with van der Waals surface area (Å²) in [6, 6.07) is 19.2. The van der Waals surface area contributed by atoms with E-state index in [1.807, 2.05) is 59.5 Å². The molecule has 1 N–H and O–H groups in total. The van der Waals surface area contributed by atoms with E-state index in [4.69, 9.17) is 11.6 Å². The zero-order chi connectivity index (χ0) is 24.9. The lowest BCUT2D eigenvalue weighted by Crippen LogP contribution is -2.50. The highest BCUT2D eigenvalue weighted by molar-refractivity contribution is 8.04. The maximum atomic E-state index is 13.6. The zero-order valence-electron chi connectivity index (χ0n) is 19.9. The summed E-state index contributed by atoms with van der Waals surface area (Å²) in [5, 5.41) is 4.01. The predicted octanol–water partition coefficient (Wildman–Crippen LogP) is 6.09. The molecule has 1 aliphatic carbocycles. The molecule has 1 aliphatic heterocycles. The number of hydrogen-bond acceptors (Lipinski definition) is 4. The molecule has 3 aromatic rings. The van der Waals surface area contributed by atoms with Gasteiger partial charge in [-0.1, -0.05) is 54.8 Å². The monoisotopic (exact) mass is 517 g/mol. The van der Waals surface area contributed by atoms with Crippen LogP contribution in [0.5, 0.6) is 0 Å². The largest absolute Gasteiger partial charge is 0.348 e. The molecular weight excluding hydrogens is 490 g/mol. The number of carbonyl (C=O) groups is 2. The third kappa shape index (κ3) is 5.82. The molecule has 5 nitrogen and oxygen atoms in total. The van der Waals surface area contributed by atoms with E-state index < -0.39 is 0 Å². The molecule has 2 amide bonds. The van der Waals surface area contributed by atoms with Crippen LogP contribution in [0.25, 0.3) is 6.08 Å². The van der Waals surface area contributed by atoms with Crippen molar-refractivity contribution in [1.29, 1.82) is 0 Å². The first-order chi connectivity index (χ1) is 17.6. The van der Waals surface area contributed by atoms with Crippen LogP contribution < -0.4 is 5.32 Å². The fourth-order valence-electron chi connectivity index (χ4n) is 4.86. The fraction of sp³-hybridized carbons (Fsp3) is 0.276. The van der Waals surface area contributed by atoms with E-state index in [1.165, 1.54) is 6.42 Å². The van der Waals surface area contributed by atoms with Crippen molar-refractivity contribution in [3.05, 3.63) is 105 Å². The highest BCUT2D eigenvalue weighted by Gasteiger charge is 2.40. The Hall–Kier alpha value is -3.09. The number of aromatic nitrogens is 1. The van der Waals surface area contributed by atoms with Gasteiger partial charge in [0.15, 0.2) is 0 Å². The van der Waals surface area contributed by atoms with Gasteiger partial charge in [0.05, 0.1) is 4.91 Å². The molecule has 1 saturated carbocycles. The molecule has 184 valence electrons. The summed E-state index contributed by atoms with van der Waals surface area (Å²) in [6.45, 7) is 0.989. The van der Waals surface area contributed by atoms with E-state index in [0.29, 0.717) is 28.9 Å². The summed E-state index contributed by atoms with van der Waals surface area (Å²) < 4.78 is 0. The van der Waals surface area contributed by atoms with Crippen LogP contribution in [0, 0.1) is 0 Å². The number of nitrogens with zero attached hydrogens (tertiary/aromatic N) is 2. The molecule has 2 aromatic carbocycles. The molecule has 2 fully saturated rings. The Morgan fingerprint density at radius 2 is 1.89 bits per heavy atom. The normalized spacial score (nSPS) is 20.8. The highest BCUT2D eigenvalue weighted by Crippen LogP contribution is 2.42. The van der Waals surface area contributed by atoms with Crippen LogP contribution >= 0.6 is 23.4 Å². The van der Waals surface area contributed by atoms with Crippen molar-refractivity contribution in [2.24, 2.45) is 0 Å². The van der Waals surface area contributed by atoms with Gasteiger partial charge in [-0.25, -0.2) is 0 Å². The molecular formula is C29H28ClN3O2S. The standard InChI is InChI=1S/C29H28ClN3O2S/c30-24-7-3-5-21(15-24)19-33-25-8-1-2-9-26(25)36-27(29(33)35)16-20-10-12-23(13-11-20)28(34)32-18-22-6-4-14-31-17-22/h3-7,10-17,25-26H,1-2,8-9,18-19H2,(H,32,34)/b27-16+. The second kappa shape index (κ2) is 11.3. The van der Waals surface area contributed by atoms with Crippen molar-refractivity contribution in [2.45, 2.75) is 50.1 Å². The van der Waals surface area contributed by atoms with Gasteiger partial charge in [0.2, 0.25) is 0 Å². The highest BCUT2D eigenvalue weighted by atomic mass is 35.5. The Labute approximate surface area is 221 Å². The molecule has 1 aromatic heterocycles. The Morgan fingerprint density at radius 1 is 1.08 bits per heavy atom. The summed E-state index contributed by atoms with van der Waals surface area (Å²) in [5.41, 5.74) is 3.49. The number of thioether (sulfide) groups is 1. The van der Waals surface area contributed by atoms with E-state index >= 15 is 0 Å². The van der Waals surface area contributed by atoms with E-state index in [-0.39, 0.29) is 17.9 Å². The smallest absolute Gasteiger partial charge is 0.260 e. The lowest BCUT2D eigenvalue weighted by Gasteiger charge is -2.44. The van der Waals surface area contributed by atoms with Crippen LogP contribution in [0.2, 0.25) is 5.02 Å². The predicted molar refractivity (Wildman–Crippen MR) is 145 cm³/mol. The molecule has 7 heteroatoms. The van der Waals surface area contributed by atoms with Gasteiger partial charge in [-0.2, -0.15) is 0 Å².